The molecule has 0 aliphatic carbocycles. The number of aromatic nitrogens is 1. The Morgan fingerprint density at radius 2 is 1.92 bits per heavy atom. The first-order valence-corrected chi connectivity index (χ1v) is 15.8. The molecule has 2 aliphatic rings. The van der Waals surface area contributed by atoms with E-state index in [0.717, 1.165) is 67.2 Å². The Balaban J connectivity index is 1.29. The molecule has 0 unspecified atom stereocenters. The van der Waals surface area contributed by atoms with E-state index in [2.05, 4.69) is 16.0 Å². The third-order valence-electron chi connectivity index (χ3n) is 7.38. The number of nitrogens with zero attached hydrogens (tertiary/aromatic N) is 4. The highest BCUT2D eigenvalue weighted by Gasteiger charge is 2.41. The summed E-state index contributed by atoms with van der Waals surface area (Å²) in [4.78, 5) is 25.1. The third kappa shape index (κ3) is 5.06. The quantitative estimate of drug-likeness (QED) is 0.446. The molecule has 1 saturated heterocycles. The van der Waals surface area contributed by atoms with Crippen LogP contribution in [0.4, 0.5) is 5.69 Å². The second kappa shape index (κ2) is 10.4. The van der Waals surface area contributed by atoms with Gasteiger partial charge in [-0.2, -0.15) is 0 Å². The van der Waals surface area contributed by atoms with Gasteiger partial charge in [-0.1, -0.05) is 30.0 Å². The molecule has 0 radical (unpaired) electrons. The van der Waals surface area contributed by atoms with Crippen molar-refractivity contribution in [1.29, 1.82) is 0 Å². The maximum absolute atomic E-state index is 13.1. The number of carbonyl (C=O) groups excluding carboxylic acids is 1. The maximum atomic E-state index is 13.1. The van der Waals surface area contributed by atoms with E-state index in [9.17, 15) is 13.2 Å². The molecule has 37 heavy (non-hydrogen) atoms. The summed E-state index contributed by atoms with van der Waals surface area (Å²) in [5, 5.41) is 3.69. The number of benzene rings is 1. The number of thiophene rings is 1. The summed E-state index contributed by atoms with van der Waals surface area (Å²) in [6.07, 6.45) is 1.98. The molecule has 1 aromatic carbocycles. The van der Waals surface area contributed by atoms with Crippen molar-refractivity contribution in [3.8, 4) is 0 Å². The summed E-state index contributed by atoms with van der Waals surface area (Å²) in [7, 11) is -2.03. The molecule has 1 N–H and O–H groups in total. The number of aromatic amines is 1. The van der Waals surface area contributed by atoms with Crippen LogP contribution in [-0.2, 0) is 14.8 Å². The zero-order valence-corrected chi connectivity index (χ0v) is 23.9. The number of sulfonamides is 1. The van der Waals surface area contributed by atoms with Crippen molar-refractivity contribution in [2.45, 2.75) is 35.6 Å². The summed E-state index contributed by atoms with van der Waals surface area (Å²) in [5.41, 5.74) is 2.32. The lowest BCUT2D eigenvalue weighted by atomic mass is 9.96. The Labute approximate surface area is 226 Å². The number of carbonyl (C=O) groups is 1. The first-order chi connectivity index (χ1) is 17.8. The van der Waals surface area contributed by atoms with Crippen molar-refractivity contribution in [3.63, 3.8) is 0 Å². The zero-order valence-electron chi connectivity index (χ0n) is 21.4. The molecule has 0 atom stereocenters. The largest absolute Gasteiger partial charge is 0.351 e. The smallest absolute Gasteiger partial charge is 0.273 e. The van der Waals surface area contributed by atoms with Crippen LogP contribution >= 0.6 is 23.1 Å². The number of fused-ring (bicyclic) bond motifs is 1. The van der Waals surface area contributed by atoms with Gasteiger partial charge in [0.05, 0.1) is 30.0 Å². The van der Waals surface area contributed by atoms with Gasteiger partial charge in [0.2, 0.25) is 5.91 Å². The van der Waals surface area contributed by atoms with E-state index in [1.807, 2.05) is 48.7 Å². The first-order valence-electron chi connectivity index (χ1n) is 12.6. The van der Waals surface area contributed by atoms with Gasteiger partial charge in [0.15, 0.2) is 0 Å². The topological polar surface area (TPSA) is 89.1 Å². The number of para-hydroxylation sites is 1. The van der Waals surface area contributed by atoms with Gasteiger partial charge in [-0.15, -0.1) is 11.3 Å². The fraction of sp³-hybridized carbons (Fsp3) is 0.462. The number of aliphatic imine (C=N–C) groups is 1. The van der Waals surface area contributed by atoms with Crippen molar-refractivity contribution >= 4 is 60.7 Å². The highest BCUT2D eigenvalue weighted by Crippen LogP contribution is 2.43. The van der Waals surface area contributed by atoms with E-state index in [0.29, 0.717) is 16.4 Å². The normalized spacial score (nSPS) is 17.9. The van der Waals surface area contributed by atoms with E-state index in [-0.39, 0.29) is 10.7 Å². The Morgan fingerprint density at radius 3 is 2.59 bits per heavy atom. The lowest BCUT2D eigenvalue weighted by molar-refractivity contribution is -0.132. The number of amides is 1. The van der Waals surface area contributed by atoms with Crippen molar-refractivity contribution in [2.75, 3.05) is 50.6 Å². The van der Waals surface area contributed by atoms with Crippen molar-refractivity contribution < 1.29 is 13.2 Å². The summed E-state index contributed by atoms with van der Waals surface area (Å²) in [6, 6.07) is 11.1. The molecule has 2 aromatic heterocycles. The first kappa shape index (κ1) is 26.3. The maximum Gasteiger partial charge on any atom is 0.273 e. The molecule has 1 amide bonds. The summed E-state index contributed by atoms with van der Waals surface area (Å²) in [5.74, 6) is 0.205. The van der Waals surface area contributed by atoms with Crippen LogP contribution in [0.2, 0.25) is 0 Å². The molecule has 3 aromatic rings. The fourth-order valence-electron chi connectivity index (χ4n) is 5.06. The highest BCUT2D eigenvalue weighted by molar-refractivity contribution is 8.15. The number of piperidine rings is 1. The highest BCUT2D eigenvalue weighted by atomic mass is 32.2. The minimum Gasteiger partial charge on any atom is -0.351 e. The average molecular weight is 560 g/mol. The molecule has 8 nitrogen and oxygen atoms in total. The number of thioether (sulfide) groups is 1. The lowest BCUT2D eigenvalue weighted by Crippen LogP contribution is -2.47. The number of likely N-dealkylation sites (tertiary alicyclic amines) is 1. The molecule has 11 heteroatoms. The van der Waals surface area contributed by atoms with Crippen LogP contribution in [0, 0.1) is 0 Å². The van der Waals surface area contributed by atoms with E-state index in [1.54, 1.807) is 24.6 Å². The van der Waals surface area contributed by atoms with Gasteiger partial charge < -0.3 is 9.88 Å². The van der Waals surface area contributed by atoms with Crippen molar-refractivity contribution in [3.05, 3.63) is 47.5 Å². The standard InChI is InChI=1S/C26H33N5O3S3/c1-4-31(5-2)22(32)17-30-13-11-26(12-14-30)18-27-25(36-26)20-16-19-8-6-9-21(24(19)28-20)29(3)37(33,34)23-10-7-15-35-23/h6-10,15-16,28H,4-5,11-14,17-18H2,1-3H3. The predicted molar refractivity (Wildman–Crippen MR) is 154 cm³/mol. The fourth-order valence-corrected chi connectivity index (χ4v) is 8.71. The molecule has 5 rings (SSSR count). The van der Waals surface area contributed by atoms with Crippen LogP contribution in [0.1, 0.15) is 32.4 Å². The molecular weight excluding hydrogens is 527 g/mol. The summed E-state index contributed by atoms with van der Waals surface area (Å²) >= 11 is 3.04. The molecule has 2 aliphatic heterocycles. The second-order valence-corrected chi connectivity index (χ2v) is 14.2. The van der Waals surface area contributed by atoms with Crippen LogP contribution in [0.3, 0.4) is 0 Å². The number of rotatable bonds is 8. The Morgan fingerprint density at radius 1 is 1.16 bits per heavy atom. The van der Waals surface area contributed by atoms with Gasteiger partial charge >= 0.3 is 0 Å². The number of likely N-dealkylation sites (N-methyl/N-ethyl adjacent to an activating group) is 1. The number of hydrogen-bond donors (Lipinski definition) is 1. The van der Waals surface area contributed by atoms with E-state index < -0.39 is 10.0 Å². The SMILES string of the molecule is CCN(CC)C(=O)CN1CCC2(CC1)CN=C(c1cc3cccc(N(C)S(=O)(=O)c4cccs4)c3[nH]1)S2. The molecular formula is C26H33N5O3S3. The van der Waals surface area contributed by atoms with E-state index >= 15 is 0 Å². The monoisotopic (exact) mass is 559 g/mol. The molecule has 1 fully saturated rings. The lowest BCUT2D eigenvalue weighted by Gasteiger charge is -2.38. The molecule has 0 saturated carbocycles. The molecule has 1 spiro atoms. The van der Waals surface area contributed by atoms with Gasteiger partial charge in [0, 0.05) is 43.4 Å². The van der Waals surface area contributed by atoms with Gasteiger partial charge in [-0.25, -0.2) is 8.42 Å². The summed E-state index contributed by atoms with van der Waals surface area (Å²) < 4.78 is 28.0. The summed E-state index contributed by atoms with van der Waals surface area (Å²) in [6.45, 7) is 8.59. The minimum absolute atomic E-state index is 0.0590. The van der Waals surface area contributed by atoms with Gasteiger partial charge in [0.1, 0.15) is 9.25 Å². The average Bonchev–Trinajstić information content (AvgIpc) is 3.66. The molecule has 4 heterocycles. The van der Waals surface area contributed by atoms with Crippen LogP contribution in [0.5, 0.6) is 0 Å². The van der Waals surface area contributed by atoms with Gasteiger partial charge in [-0.05, 0) is 50.3 Å². The number of nitrogens with one attached hydrogen (secondary N) is 1. The number of hydrogen-bond acceptors (Lipinski definition) is 7. The van der Waals surface area contributed by atoms with Gasteiger partial charge in [0.25, 0.3) is 10.0 Å². The van der Waals surface area contributed by atoms with Crippen LogP contribution in [0.25, 0.3) is 10.9 Å². The number of anilines is 1. The van der Waals surface area contributed by atoms with Crippen molar-refractivity contribution in [1.82, 2.24) is 14.8 Å². The predicted octanol–water partition coefficient (Wildman–Crippen LogP) is 4.25. The Bertz CT molecular complexity index is 1400. The van der Waals surface area contributed by atoms with Crippen LogP contribution < -0.4 is 4.31 Å². The molecule has 198 valence electrons. The molecule has 0 bridgehead atoms. The zero-order chi connectivity index (χ0) is 26.2. The Hall–Kier alpha value is -2.34. The van der Waals surface area contributed by atoms with Gasteiger partial charge in [-0.3, -0.25) is 19.0 Å². The van der Waals surface area contributed by atoms with Crippen molar-refractivity contribution in [2.24, 2.45) is 4.99 Å². The Kier molecular flexibility index (Phi) is 7.41. The van der Waals surface area contributed by atoms with Crippen LogP contribution in [0.15, 0.2) is 51.0 Å². The second-order valence-electron chi connectivity index (χ2n) is 9.58. The van der Waals surface area contributed by atoms with Crippen LogP contribution in [-0.4, -0.2) is 85.2 Å². The van der Waals surface area contributed by atoms with E-state index in [4.69, 9.17) is 4.99 Å². The minimum atomic E-state index is -3.63. The number of H-pyrrole nitrogens is 1. The third-order valence-corrected chi connectivity index (χ3v) is 12.0. The van der Waals surface area contributed by atoms with E-state index in [1.165, 1.54) is 15.6 Å².